The van der Waals surface area contributed by atoms with Gasteiger partial charge >= 0.3 is 0 Å². The summed E-state index contributed by atoms with van der Waals surface area (Å²) in [5.74, 6) is 0.524. The third-order valence-corrected chi connectivity index (χ3v) is 4.78. The van der Waals surface area contributed by atoms with Gasteiger partial charge < -0.3 is 9.47 Å². The van der Waals surface area contributed by atoms with Crippen molar-refractivity contribution >= 4 is 27.5 Å². The van der Waals surface area contributed by atoms with Gasteiger partial charge in [0.15, 0.2) is 0 Å². The molecule has 0 fully saturated rings. The number of aryl methyl sites for hydroxylation is 2. The molecule has 0 bridgehead atoms. The summed E-state index contributed by atoms with van der Waals surface area (Å²) >= 11 is 1.30. The van der Waals surface area contributed by atoms with Gasteiger partial charge in [0.25, 0.3) is 11.5 Å². The lowest BCUT2D eigenvalue weighted by Gasteiger charge is -2.17. The Morgan fingerprint density at radius 3 is 2.76 bits per heavy atom. The van der Waals surface area contributed by atoms with Crippen molar-refractivity contribution in [2.45, 2.75) is 27.2 Å². The van der Waals surface area contributed by atoms with E-state index in [0.717, 1.165) is 18.5 Å². The molecule has 1 amide bonds. The average molecular weight is 307 g/mol. The molecule has 0 aliphatic carbocycles. The molecule has 114 valence electrons. The first kappa shape index (κ1) is 15.7. The number of nitrogens with zero attached hydrogens (tertiary/aromatic N) is 3. The Bertz CT molecular complexity index is 730. The molecule has 2 rings (SSSR count). The highest BCUT2D eigenvalue weighted by molar-refractivity contribution is 7.20. The summed E-state index contributed by atoms with van der Waals surface area (Å²) in [4.78, 5) is 31.9. The van der Waals surface area contributed by atoms with Gasteiger partial charge in [-0.1, -0.05) is 13.8 Å². The van der Waals surface area contributed by atoms with Gasteiger partial charge in [-0.2, -0.15) is 0 Å². The number of carbonyl (C=O) groups is 1. The molecular formula is C15H21N3O2S. The Kier molecular flexibility index (Phi) is 4.46. The Morgan fingerprint density at radius 2 is 2.14 bits per heavy atom. The van der Waals surface area contributed by atoms with Crippen LogP contribution in [0.5, 0.6) is 0 Å². The summed E-state index contributed by atoms with van der Waals surface area (Å²) in [5.41, 5.74) is 0.641. The Hall–Kier alpha value is -1.69. The highest BCUT2D eigenvalue weighted by atomic mass is 32.1. The van der Waals surface area contributed by atoms with Crippen LogP contribution in [0, 0.1) is 12.8 Å². The van der Waals surface area contributed by atoms with Crippen molar-refractivity contribution in [3.8, 4) is 0 Å². The zero-order chi connectivity index (χ0) is 15.7. The molecule has 2 aromatic rings. The van der Waals surface area contributed by atoms with Crippen molar-refractivity contribution in [2.75, 3.05) is 13.6 Å². The second kappa shape index (κ2) is 5.97. The van der Waals surface area contributed by atoms with Crippen LogP contribution in [0.3, 0.4) is 0 Å². The largest absolute Gasteiger partial charge is 0.341 e. The van der Waals surface area contributed by atoms with Gasteiger partial charge in [-0.05, 0) is 24.8 Å². The van der Waals surface area contributed by atoms with Crippen LogP contribution < -0.4 is 5.56 Å². The van der Waals surface area contributed by atoms with Crippen molar-refractivity contribution < 1.29 is 4.79 Å². The molecule has 21 heavy (non-hydrogen) atoms. The minimum Gasteiger partial charge on any atom is -0.341 e. The third kappa shape index (κ3) is 3.00. The van der Waals surface area contributed by atoms with Gasteiger partial charge in [-0.25, -0.2) is 4.98 Å². The van der Waals surface area contributed by atoms with E-state index in [-0.39, 0.29) is 11.5 Å². The molecule has 0 aliphatic rings. The minimum absolute atomic E-state index is 0.0294. The van der Waals surface area contributed by atoms with Crippen LogP contribution in [0.15, 0.2) is 11.1 Å². The van der Waals surface area contributed by atoms with E-state index in [1.165, 1.54) is 22.2 Å². The van der Waals surface area contributed by atoms with Crippen LogP contribution in [0.25, 0.3) is 10.2 Å². The number of hydrogen-bond acceptors (Lipinski definition) is 4. The number of carbonyl (C=O) groups excluding carboxylic acids is 1. The van der Waals surface area contributed by atoms with Crippen molar-refractivity contribution in [3.63, 3.8) is 0 Å². The van der Waals surface area contributed by atoms with Gasteiger partial charge in [0.2, 0.25) is 0 Å². The predicted molar refractivity (Wildman–Crippen MR) is 86.0 cm³/mol. The van der Waals surface area contributed by atoms with Gasteiger partial charge in [0, 0.05) is 20.6 Å². The predicted octanol–water partition coefficient (Wildman–Crippen LogP) is 2.42. The molecule has 0 saturated carbocycles. The molecule has 2 heterocycles. The van der Waals surface area contributed by atoms with E-state index in [9.17, 15) is 9.59 Å². The smallest absolute Gasteiger partial charge is 0.264 e. The van der Waals surface area contributed by atoms with E-state index in [1.807, 2.05) is 6.92 Å². The first-order chi connectivity index (χ1) is 9.82. The molecule has 0 spiro atoms. The zero-order valence-corrected chi connectivity index (χ0v) is 14.0. The van der Waals surface area contributed by atoms with E-state index in [2.05, 4.69) is 18.8 Å². The molecular weight excluding hydrogens is 286 g/mol. The SMILES string of the molecule is Cc1c(C(=O)N(C)CCC(C)C)sc2ncn(C)c(=O)c12. The lowest BCUT2D eigenvalue weighted by molar-refractivity contribution is 0.0793. The maximum atomic E-state index is 12.5. The zero-order valence-electron chi connectivity index (χ0n) is 13.1. The van der Waals surface area contributed by atoms with Crippen LogP contribution in [0.2, 0.25) is 0 Å². The maximum Gasteiger partial charge on any atom is 0.264 e. The summed E-state index contributed by atoms with van der Waals surface area (Å²) in [5, 5.41) is 0.561. The van der Waals surface area contributed by atoms with Crippen molar-refractivity contribution in [3.05, 3.63) is 27.1 Å². The number of amides is 1. The number of thiophene rings is 1. The molecule has 6 heteroatoms. The van der Waals surface area contributed by atoms with Crippen LogP contribution in [-0.2, 0) is 7.05 Å². The third-order valence-electron chi connectivity index (χ3n) is 3.59. The van der Waals surface area contributed by atoms with Gasteiger partial charge in [-0.15, -0.1) is 11.3 Å². The van der Waals surface area contributed by atoms with Crippen molar-refractivity contribution in [2.24, 2.45) is 13.0 Å². The second-order valence-corrected chi connectivity index (χ2v) is 6.81. The molecule has 0 aromatic carbocycles. The summed E-state index contributed by atoms with van der Waals surface area (Å²) in [6, 6.07) is 0. The normalized spacial score (nSPS) is 11.3. The fourth-order valence-corrected chi connectivity index (χ4v) is 3.27. The maximum absolute atomic E-state index is 12.5. The molecule has 5 nitrogen and oxygen atoms in total. The molecule has 0 saturated heterocycles. The molecule has 0 radical (unpaired) electrons. The number of hydrogen-bond donors (Lipinski definition) is 0. The van der Waals surface area contributed by atoms with Gasteiger partial charge in [0.1, 0.15) is 4.83 Å². The van der Waals surface area contributed by atoms with E-state index in [4.69, 9.17) is 0 Å². The summed E-state index contributed by atoms with van der Waals surface area (Å²) in [6.07, 6.45) is 2.46. The van der Waals surface area contributed by atoms with Crippen LogP contribution in [0.4, 0.5) is 0 Å². The first-order valence-corrected chi connectivity index (χ1v) is 7.84. The summed E-state index contributed by atoms with van der Waals surface area (Å²) in [6.45, 7) is 6.81. The molecule has 0 aliphatic heterocycles. The average Bonchev–Trinajstić information content (AvgIpc) is 2.77. The Morgan fingerprint density at radius 1 is 1.48 bits per heavy atom. The molecule has 2 aromatic heterocycles. The monoisotopic (exact) mass is 307 g/mol. The Labute approximate surface area is 128 Å². The lowest BCUT2D eigenvalue weighted by atomic mass is 10.1. The molecule has 0 atom stereocenters. The fourth-order valence-electron chi connectivity index (χ4n) is 2.14. The van der Waals surface area contributed by atoms with Gasteiger partial charge in [-0.3, -0.25) is 9.59 Å². The minimum atomic E-state index is -0.0994. The molecule has 0 unspecified atom stereocenters. The fraction of sp³-hybridized carbons (Fsp3) is 0.533. The highest BCUT2D eigenvalue weighted by Crippen LogP contribution is 2.27. The number of rotatable bonds is 4. The quantitative estimate of drug-likeness (QED) is 0.871. The molecule has 0 N–H and O–H groups in total. The second-order valence-electron chi connectivity index (χ2n) is 5.81. The van der Waals surface area contributed by atoms with Crippen molar-refractivity contribution in [1.29, 1.82) is 0 Å². The summed E-state index contributed by atoms with van der Waals surface area (Å²) in [7, 11) is 3.47. The highest BCUT2D eigenvalue weighted by Gasteiger charge is 2.21. The van der Waals surface area contributed by atoms with E-state index < -0.39 is 0 Å². The number of fused-ring (bicyclic) bond motifs is 1. The van der Waals surface area contributed by atoms with Crippen LogP contribution in [0.1, 0.15) is 35.5 Å². The van der Waals surface area contributed by atoms with E-state index >= 15 is 0 Å². The van der Waals surface area contributed by atoms with Crippen LogP contribution >= 0.6 is 11.3 Å². The Balaban J connectivity index is 2.39. The van der Waals surface area contributed by atoms with E-state index in [1.54, 1.807) is 19.0 Å². The van der Waals surface area contributed by atoms with Crippen LogP contribution in [-0.4, -0.2) is 34.0 Å². The summed E-state index contributed by atoms with van der Waals surface area (Å²) < 4.78 is 1.44. The van der Waals surface area contributed by atoms with E-state index in [0.29, 0.717) is 21.0 Å². The number of aromatic nitrogens is 2. The topological polar surface area (TPSA) is 55.2 Å². The standard InChI is InChI=1S/C15H21N3O2S/c1-9(2)6-7-17(4)15(20)12-10(3)11-13(21-12)16-8-18(5)14(11)19/h8-9H,6-7H2,1-5H3. The first-order valence-electron chi connectivity index (χ1n) is 7.03. The van der Waals surface area contributed by atoms with Crippen molar-refractivity contribution in [1.82, 2.24) is 14.5 Å². The lowest BCUT2D eigenvalue weighted by Crippen LogP contribution is -2.28. The van der Waals surface area contributed by atoms with Gasteiger partial charge in [0.05, 0.1) is 16.6 Å².